The number of carbonyl (C=O) groups is 1. The lowest BCUT2D eigenvalue weighted by molar-refractivity contribution is -0.141. The van der Waals surface area contributed by atoms with Gasteiger partial charge in [0.05, 0.1) is 5.60 Å². The first kappa shape index (κ1) is 21.8. The van der Waals surface area contributed by atoms with Crippen LogP contribution in [0.4, 0.5) is 0 Å². The predicted octanol–water partition coefficient (Wildman–Crippen LogP) is 5.48. The van der Waals surface area contributed by atoms with Crippen molar-refractivity contribution in [3.63, 3.8) is 0 Å². The quantitative estimate of drug-likeness (QED) is 0.653. The number of rotatable bonds is 4. The molecule has 3 heteroatoms. The zero-order valence-corrected chi connectivity index (χ0v) is 19.6. The number of ketones is 1. The van der Waals surface area contributed by atoms with Crippen molar-refractivity contribution in [2.24, 2.45) is 46.2 Å². The fourth-order valence-corrected chi connectivity index (χ4v) is 8.79. The zero-order valence-electron chi connectivity index (χ0n) is 19.6. The highest BCUT2D eigenvalue weighted by molar-refractivity contribution is 5.79. The van der Waals surface area contributed by atoms with Gasteiger partial charge in [0.15, 0.2) is 0 Å². The van der Waals surface area contributed by atoms with E-state index in [0.717, 1.165) is 56.3 Å². The summed E-state index contributed by atoms with van der Waals surface area (Å²) in [6.45, 7) is 11.2. The van der Waals surface area contributed by atoms with Crippen LogP contribution in [0.5, 0.6) is 0 Å². The third kappa shape index (κ3) is 3.34. The Labute approximate surface area is 178 Å². The first-order chi connectivity index (χ1) is 13.4. The highest BCUT2D eigenvalue weighted by atomic mass is 16.3. The number of hydrogen-bond donors (Lipinski definition) is 2. The Balaban J connectivity index is 1.55. The average molecular weight is 404 g/mol. The third-order valence-corrected chi connectivity index (χ3v) is 10.9. The number of fused-ring (bicyclic) bond motifs is 5. The van der Waals surface area contributed by atoms with Crippen molar-refractivity contribution in [2.45, 2.75) is 116 Å². The molecule has 4 aliphatic carbocycles. The van der Waals surface area contributed by atoms with Gasteiger partial charge in [-0.2, -0.15) is 0 Å². The van der Waals surface area contributed by atoms with Crippen LogP contribution in [0.3, 0.4) is 0 Å². The van der Waals surface area contributed by atoms with Gasteiger partial charge < -0.3 is 10.8 Å². The molecule has 0 amide bonds. The van der Waals surface area contributed by atoms with E-state index in [4.69, 9.17) is 5.73 Å². The summed E-state index contributed by atoms with van der Waals surface area (Å²) in [5.41, 5.74) is 7.19. The summed E-state index contributed by atoms with van der Waals surface area (Å²) in [6.07, 6.45) is 12.2. The smallest absolute Gasteiger partial charge is 0.133 e. The molecule has 0 spiro atoms. The molecule has 0 aliphatic heterocycles. The number of nitrogens with two attached hydrogens (primary N) is 1. The van der Waals surface area contributed by atoms with Gasteiger partial charge in [0.25, 0.3) is 0 Å². The van der Waals surface area contributed by atoms with Gasteiger partial charge in [-0.3, -0.25) is 4.79 Å². The molecule has 4 aliphatic rings. The van der Waals surface area contributed by atoms with Crippen LogP contribution in [0, 0.1) is 40.4 Å². The molecule has 4 saturated carbocycles. The van der Waals surface area contributed by atoms with Crippen LogP contribution in [0.25, 0.3) is 0 Å². The Morgan fingerprint density at radius 3 is 2.48 bits per heavy atom. The maximum atomic E-state index is 12.1. The van der Waals surface area contributed by atoms with Gasteiger partial charge in [-0.05, 0) is 112 Å². The number of Topliss-reactive ketones (excluding diaryl/α,β-unsaturated/α-hetero) is 1. The Morgan fingerprint density at radius 2 is 1.79 bits per heavy atom. The van der Waals surface area contributed by atoms with Crippen LogP contribution in [0.15, 0.2) is 0 Å². The van der Waals surface area contributed by atoms with E-state index >= 15 is 0 Å². The Kier molecular flexibility index (Phi) is 5.30. The first-order valence-electron chi connectivity index (χ1n) is 12.4. The number of hydrogen-bond acceptors (Lipinski definition) is 3. The molecule has 29 heavy (non-hydrogen) atoms. The monoisotopic (exact) mass is 403 g/mol. The van der Waals surface area contributed by atoms with Gasteiger partial charge in [0.1, 0.15) is 5.78 Å². The molecule has 0 saturated heterocycles. The summed E-state index contributed by atoms with van der Waals surface area (Å²) in [5, 5.41) is 10.2. The summed E-state index contributed by atoms with van der Waals surface area (Å²) < 4.78 is 0. The van der Waals surface area contributed by atoms with Crippen molar-refractivity contribution in [3.8, 4) is 0 Å². The van der Waals surface area contributed by atoms with Gasteiger partial charge in [-0.15, -0.1) is 0 Å². The van der Waals surface area contributed by atoms with Crippen molar-refractivity contribution >= 4 is 5.78 Å². The predicted molar refractivity (Wildman–Crippen MR) is 118 cm³/mol. The summed E-state index contributed by atoms with van der Waals surface area (Å²) >= 11 is 0. The molecule has 0 bridgehead atoms. The zero-order chi connectivity index (χ0) is 21.2. The summed E-state index contributed by atoms with van der Waals surface area (Å²) in [7, 11) is 0. The second kappa shape index (κ2) is 7.05. The van der Waals surface area contributed by atoms with Gasteiger partial charge in [-0.25, -0.2) is 0 Å². The van der Waals surface area contributed by atoms with E-state index in [1.54, 1.807) is 0 Å². The van der Waals surface area contributed by atoms with Crippen LogP contribution in [-0.4, -0.2) is 22.0 Å². The van der Waals surface area contributed by atoms with Gasteiger partial charge in [-0.1, -0.05) is 20.8 Å². The lowest BCUT2D eigenvalue weighted by atomic mass is 9.43. The second-order valence-corrected chi connectivity index (χ2v) is 12.7. The molecular weight excluding hydrogens is 358 g/mol. The SMILES string of the molecule is C[C@H](CCC(C)(C)O)[C@@]1(N)CCC2C3CC[C@H]4CC(=O)CC[C@]4(C)C3CC[C@@]21C. The number of aliphatic hydroxyl groups is 1. The van der Waals surface area contributed by atoms with Gasteiger partial charge in [0, 0.05) is 18.4 Å². The van der Waals surface area contributed by atoms with Crippen LogP contribution in [0.2, 0.25) is 0 Å². The molecule has 3 nitrogen and oxygen atoms in total. The molecule has 4 rings (SSSR count). The fourth-order valence-electron chi connectivity index (χ4n) is 8.79. The third-order valence-electron chi connectivity index (χ3n) is 10.9. The van der Waals surface area contributed by atoms with Gasteiger partial charge >= 0.3 is 0 Å². The highest BCUT2D eigenvalue weighted by Crippen LogP contribution is 2.68. The van der Waals surface area contributed by atoms with Crippen LogP contribution < -0.4 is 5.73 Å². The van der Waals surface area contributed by atoms with E-state index in [0.29, 0.717) is 23.0 Å². The van der Waals surface area contributed by atoms with Crippen LogP contribution in [0.1, 0.15) is 105 Å². The molecule has 0 aromatic rings. The topological polar surface area (TPSA) is 63.3 Å². The van der Waals surface area contributed by atoms with E-state index in [1.165, 1.54) is 32.1 Å². The molecule has 0 aromatic carbocycles. The molecule has 4 fully saturated rings. The van der Waals surface area contributed by atoms with Crippen molar-refractivity contribution in [2.75, 3.05) is 0 Å². The Bertz CT molecular complexity index is 654. The molecule has 3 unspecified atom stereocenters. The lowest BCUT2D eigenvalue weighted by Gasteiger charge is -2.62. The lowest BCUT2D eigenvalue weighted by Crippen LogP contribution is -2.61. The molecule has 166 valence electrons. The largest absolute Gasteiger partial charge is 0.390 e. The normalized spacial score (nSPS) is 48.6. The molecule has 3 N–H and O–H groups in total. The van der Waals surface area contributed by atoms with Crippen molar-refractivity contribution in [1.82, 2.24) is 0 Å². The summed E-state index contributed by atoms with van der Waals surface area (Å²) in [6, 6.07) is 0. The minimum atomic E-state index is -0.605. The molecule has 8 atom stereocenters. The van der Waals surface area contributed by atoms with Crippen molar-refractivity contribution < 1.29 is 9.90 Å². The van der Waals surface area contributed by atoms with E-state index in [9.17, 15) is 9.90 Å². The minimum Gasteiger partial charge on any atom is -0.390 e. The highest BCUT2D eigenvalue weighted by Gasteiger charge is 2.64. The maximum absolute atomic E-state index is 12.1. The van der Waals surface area contributed by atoms with E-state index in [2.05, 4.69) is 20.8 Å². The van der Waals surface area contributed by atoms with Crippen LogP contribution >= 0.6 is 0 Å². The molecule has 0 aromatic heterocycles. The van der Waals surface area contributed by atoms with Crippen LogP contribution in [-0.2, 0) is 4.79 Å². The average Bonchev–Trinajstić information content (AvgIpc) is 2.92. The summed E-state index contributed by atoms with van der Waals surface area (Å²) in [4.78, 5) is 12.1. The molecular formula is C26H45NO2. The van der Waals surface area contributed by atoms with Gasteiger partial charge in [0.2, 0.25) is 0 Å². The first-order valence-corrected chi connectivity index (χ1v) is 12.4. The maximum Gasteiger partial charge on any atom is 0.133 e. The number of carbonyl (C=O) groups excluding carboxylic acids is 1. The standard InChI is InChI=1S/C26H45NO2/c1-17(8-12-23(2,3)29)26(27)15-11-22-20-7-6-18-16-19(28)9-13-24(18,4)21(20)10-14-25(22,26)5/h17-18,20-22,29H,6-16,27H2,1-5H3/t17-,18+,20?,21?,22?,24+,25+,26+/m1/s1. The van der Waals surface area contributed by atoms with Crippen molar-refractivity contribution in [1.29, 1.82) is 0 Å². The van der Waals surface area contributed by atoms with E-state index < -0.39 is 5.60 Å². The molecule has 0 radical (unpaired) electrons. The fraction of sp³-hybridized carbons (Fsp3) is 0.962. The molecule has 0 heterocycles. The van der Waals surface area contributed by atoms with E-state index in [-0.39, 0.29) is 11.0 Å². The Morgan fingerprint density at radius 1 is 1.10 bits per heavy atom. The Hall–Kier alpha value is -0.410. The minimum absolute atomic E-state index is 0.103. The van der Waals surface area contributed by atoms with E-state index in [1.807, 2.05) is 13.8 Å². The van der Waals surface area contributed by atoms with Crippen molar-refractivity contribution in [3.05, 3.63) is 0 Å². The second-order valence-electron chi connectivity index (χ2n) is 12.7. The summed E-state index contributed by atoms with van der Waals surface area (Å²) in [5.74, 6) is 3.92.